The van der Waals surface area contributed by atoms with Crippen molar-refractivity contribution in [2.24, 2.45) is 0 Å². The van der Waals surface area contributed by atoms with Crippen LogP contribution in [0.3, 0.4) is 0 Å². The van der Waals surface area contributed by atoms with Gasteiger partial charge in [0.1, 0.15) is 5.82 Å². The van der Waals surface area contributed by atoms with Crippen molar-refractivity contribution in [1.82, 2.24) is 14.2 Å². The van der Waals surface area contributed by atoms with Gasteiger partial charge in [-0.2, -0.15) is 4.31 Å². The molecule has 0 aliphatic carbocycles. The average molecular weight is 497 g/mol. The first-order valence-electron chi connectivity index (χ1n) is 9.91. The Morgan fingerprint density at radius 1 is 1.03 bits per heavy atom. The predicted octanol–water partition coefficient (Wildman–Crippen LogP) is 3.17. The molecule has 2 aromatic carbocycles. The molecule has 0 bridgehead atoms. The fourth-order valence-corrected chi connectivity index (χ4v) is 5.58. The second-order valence-corrected chi connectivity index (χ2v) is 10.1. The molecule has 0 unspecified atom stereocenters. The van der Waals surface area contributed by atoms with Crippen molar-refractivity contribution in [3.63, 3.8) is 0 Å². The van der Waals surface area contributed by atoms with Crippen LogP contribution in [0, 0.1) is 17.5 Å². The second-order valence-electron chi connectivity index (χ2n) is 7.35. The van der Waals surface area contributed by atoms with Gasteiger partial charge in [0.15, 0.2) is 16.8 Å². The number of hydrogen-bond acceptors (Lipinski definition) is 6. The van der Waals surface area contributed by atoms with Crippen LogP contribution in [0.4, 0.5) is 18.3 Å². The molecule has 7 nitrogen and oxygen atoms in total. The van der Waals surface area contributed by atoms with Gasteiger partial charge in [0.2, 0.25) is 15.9 Å². The van der Waals surface area contributed by atoms with Crippen LogP contribution in [0.25, 0.3) is 11.3 Å². The van der Waals surface area contributed by atoms with E-state index >= 15 is 0 Å². The Hall–Kier alpha value is -2.80. The Morgan fingerprint density at radius 2 is 1.79 bits per heavy atom. The maximum absolute atomic E-state index is 13.4. The summed E-state index contributed by atoms with van der Waals surface area (Å²) in [6, 6.07) is 8.30. The summed E-state index contributed by atoms with van der Waals surface area (Å²) in [5, 5.41) is 4.60. The lowest BCUT2D eigenvalue weighted by molar-refractivity contribution is -0.117. The van der Waals surface area contributed by atoms with Crippen molar-refractivity contribution in [2.45, 2.75) is 4.90 Å². The van der Waals surface area contributed by atoms with Gasteiger partial charge in [-0.25, -0.2) is 26.6 Å². The second kappa shape index (κ2) is 9.59. The number of hydrogen-bond donors (Lipinski definition) is 1. The summed E-state index contributed by atoms with van der Waals surface area (Å²) in [6.07, 6.45) is 0. The lowest BCUT2D eigenvalue weighted by Gasteiger charge is -2.33. The summed E-state index contributed by atoms with van der Waals surface area (Å²) in [5.74, 6) is -2.89. The normalized spacial score (nSPS) is 15.5. The summed E-state index contributed by atoms with van der Waals surface area (Å²) in [7, 11) is -3.81. The average Bonchev–Trinajstić information content (AvgIpc) is 3.24. The van der Waals surface area contributed by atoms with Crippen molar-refractivity contribution in [2.75, 3.05) is 38.0 Å². The molecule has 12 heteroatoms. The number of nitrogens with one attached hydrogen (secondary N) is 1. The summed E-state index contributed by atoms with van der Waals surface area (Å²) in [4.78, 5) is 18.3. The first kappa shape index (κ1) is 23.4. The van der Waals surface area contributed by atoms with Gasteiger partial charge in [-0.05, 0) is 36.4 Å². The Morgan fingerprint density at radius 3 is 2.48 bits per heavy atom. The van der Waals surface area contributed by atoms with Gasteiger partial charge in [-0.15, -0.1) is 11.3 Å². The molecule has 2 heterocycles. The zero-order chi connectivity index (χ0) is 23.6. The largest absolute Gasteiger partial charge is 0.301 e. The number of anilines is 1. The predicted molar refractivity (Wildman–Crippen MR) is 118 cm³/mol. The number of thiazole rings is 1. The molecule has 174 valence electrons. The lowest BCUT2D eigenvalue weighted by atomic mass is 10.2. The van der Waals surface area contributed by atoms with E-state index in [1.54, 1.807) is 10.3 Å². The van der Waals surface area contributed by atoms with Crippen LogP contribution < -0.4 is 5.32 Å². The van der Waals surface area contributed by atoms with E-state index in [-0.39, 0.29) is 30.4 Å². The highest BCUT2D eigenvalue weighted by atomic mass is 32.2. The van der Waals surface area contributed by atoms with Gasteiger partial charge in [-0.1, -0.05) is 6.07 Å². The van der Waals surface area contributed by atoms with Gasteiger partial charge in [0.25, 0.3) is 0 Å². The number of amides is 1. The number of piperazine rings is 1. The minimum atomic E-state index is -3.81. The Balaban J connectivity index is 1.31. The lowest BCUT2D eigenvalue weighted by Crippen LogP contribution is -2.50. The minimum absolute atomic E-state index is 0.0357. The van der Waals surface area contributed by atoms with E-state index in [9.17, 15) is 26.4 Å². The van der Waals surface area contributed by atoms with E-state index in [4.69, 9.17) is 0 Å². The Kier molecular flexibility index (Phi) is 6.79. The number of benzene rings is 2. The summed E-state index contributed by atoms with van der Waals surface area (Å²) in [6.45, 7) is 1.04. The van der Waals surface area contributed by atoms with Crippen LogP contribution in [-0.4, -0.2) is 61.2 Å². The first-order chi connectivity index (χ1) is 15.7. The van der Waals surface area contributed by atoms with Crippen LogP contribution >= 0.6 is 11.3 Å². The van der Waals surface area contributed by atoms with Gasteiger partial charge < -0.3 is 5.32 Å². The number of nitrogens with zero attached hydrogens (tertiary/aromatic N) is 3. The van der Waals surface area contributed by atoms with Crippen molar-refractivity contribution in [3.05, 3.63) is 65.3 Å². The molecule has 4 rings (SSSR count). The summed E-state index contributed by atoms with van der Waals surface area (Å²) in [5.41, 5.74) is 0.798. The summed E-state index contributed by atoms with van der Waals surface area (Å²) < 4.78 is 66.6. The molecule has 1 aliphatic heterocycles. The smallest absolute Gasteiger partial charge is 0.243 e. The third-order valence-corrected chi connectivity index (χ3v) is 7.75. The minimum Gasteiger partial charge on any atom is -0.301 e. The number of sulfonamides is 1. The monoisotopic (exact) mass is 496 g/mol. The molecule has 1 aliphatic rings. The zero-order valence-corrected chi connectivity index (χ0v) is 18.8. The maximum atomic E-state index is 13.4. The van der Waals surface area contributed by atoms with Crippen molar-refractivity contribution >= 4 is 32.4 Å². The highest BCUT2D eigenvalue weighted by molar-refractivity contribution is 7.89. The zero-order valence-electron chi connectivity index (χ0n) is 17.2. The van der Waals surface area contributed by atoms with Crippen LogP contribution in [0.5, 0.6) is 0 Å². The van der Waals surface area contributed by atoms with E-state index in [0.717, 1.165) is 29.5 Å². The van der Waals surface area contributed by atoms with Gasteiger partial charge in [0.05, 0.1) is 17.1 Å². The molecule has 0 saturated carbocycles. The first-order valence-corrected chi connectivity index (χ1v) is 12.2. The fourth-order valence-electron chi connectivity index (χ4n) is 3.39. The molecule has 3 aromatic rings. The molecule has 0 spiro atoms. The van der Waals surface area contributed by atoms with Crippen molar-refractivity contribution in [3.8, 4) is 11.3 Å². The molecule has 0 radical (unpaired) electrons. The van der Waals surface area contributed by atoms with E-state index in [0.29, 0.717) is 29.5 Å². The molecule has 1 fully saturated rings. The molecule has 1 amide bonds. The van der Waals surface area contributed by atoms with Crippen LogP contribution in [0.15, 0.2) is 52.7 Å². The molecule has 0 atom stereocenters. The SMILES string of the molecule is O=C(CN1CCN(S(=O)(=O)c2cccc(F)c2)CC1)Nc1nc(-c2ccc(F)c(F)c2)cs1. The van der Waals surface area contributed by atoms with E-state index in [1.807, 2.05) is 0 Å². The van der Waals surface area contributed by atoms with E-state index in [2.05, 4.69) is 10.3 Å². The number of rotatable bonds is 6. The standard InChI is InChI=1S/C21H19F3N4O3S2/c22-15-2-1-3-16(11-15)33(30,31)28-8-6-27(7-9-28)12-20(29)26-21-25-19(13-32-21)14-4-5-17(23)18(24)10-14/h1-5,10-11,13H,6-9,12H2,(H,25,26,29). The number of carbonyl (C=O) groups excluding carboxylic acids is 1. The molecule has 1 N–H and O–H groups in total. The Labute approximate surface area is 192 Å². The van der Waals surface area contributed by atoms with Gasteiger partial charge in [-0.3, -0.25) is 9.69 Å². The maximum Gasteiger partial charge on any atom is 0.243 e. The number of carbonyl (C=O) groups is 1. The van der Waals surface area contributed by atoms with Gasteiger partial charge >= 0.3 is 0 Å². The van der Waals surface area contributed by atoms with Crippen LogP contribution in [0.1, 0.15) is 0 Å². The number of aromatic nitrogens is 1. The van der Waals surface area contributed by atoms with Crippen LogP contribution in [0.2, 0.25) is 0 Å². The molecule has 1 aromatic heterocycles. The van der Waals surface area contributed by atoms with Gasteiger partial charge in [0, 0.05) is 37.1 Å². The summed E-state index contributed by atoms with van der Waals surface area (Å²) >= 11 is 1.15. The van der Waals surface area contributed by atoms with Crippen LogP contribution in [-0.2, 0) is 14.8 Å². The topological polar surface area (TPSA) is 82.6 Å². The van der Waals surface area contributed by atoms with Crippen molar-refractivity contribution < 1.29 is 26.4 Å². The van der Waals surface area contributed by atoms with E-state index < -0.39 is 27.5 Å². The highest BCUT2D eigenvalue weighted by Gasteiger charge is 2.29. The Bertz CT molecular complexity index is 1280. The molecular weight excluding hydrogens is 477 g/mol. The third kappa shape index (κ3) is 5.41. The quantitative estimate of drug-likeness (QED) is 0.567. The molecule has 1 saturated heterocycles. The molecule has 33 heavy (non-hydrogen) atoms. The highest BCUT2D eigenvalue weighted by Crippen LogP contribution is 2.26. The molecular formula is C21H19F3N4O3S2. The fraction of sp³-hybridized carbons (Fsp3) is 0.238. The number of halogens is 3. The third-order valence-electron chi connectivity index (χ3n) is 5.10. The van der Waals surface area contributed by atoms with Crippen molar-refractivity contribution in [1.29, 1.82) is 0 Å². The van der Waals surface area contributed by atoms with E-state index in [1.165, 1.54) is 28.6 Å².